The van der Waals surface area contributed by atoms with Gasteiger partial charge in [-0.15, -0.1) is 0 Å². The normalized spacial score (nSPS) is 17.9. The van der Waals surface area contributed by atoms with Crippen molar-refractivity contribution in [1.82, 2.24) is 10.2 Å². The van der Waals surface area contributed by atoms with Gasteiger partial charge in [-0.1, -0.05) is 24.3 Å². The first-order valence-electron chi connectivity index (χ1n) is 10.9. The quantitative estimate of drug-likeness (QED) is 0.299. The van der Waals surface area contributed by atoms with Crippen molar-refractivity contribution in [1.29, 1.82) is 0 Å². The number of guanidine groups is 1. The zero-order valence-electron chi connectivity index (χ0n) is 18.0. The molecule has 1 N–H and O–H groups in total. The Morgan fingerprint density at radius 2 is 1.97 bits per heavy atom. The van der Waals surface area contributed by atoms with Crippen LogP contribution in [-0.4, -0.2) is 70.0 Å². The van der Waals surface area contributed by atoms with E-state index < -0.39 is 0 Å². The Kier molecular flexibility index (Phi) is 8.83. The first-order chi connectivity index (χ1) is 14.3. The van der Waals surface area contributed by atoms with Crippen molar-refractivity contribution < 1.29 is 9.47 Å². The number of rotatable bonds is 9. The largest absolute Gasteiger partial charge is 0.385 e. The highest BCUT2D eigenvalue weighted by atomic mass is 16.5. The summed E-state index contributed by atoms with van der Waals surface area (Å²) in [5, 5.41) is 3.47. The molecule has 6 nitrogen and oxygen atoms in total. The van der Waals surface area contributed by atoms with Crippen molar-refractivity contribution in [3.05, 3.63) is 42.0 Å². The number of nitrogens with one attached hydrogen (secondary N) is 1. The second-order valence-electron chi connectivity index (χ2n) is 7.62. The van der Waals surface area contributed by atoms with Crippen LogP contribution in [0.3, 0.4) is 0 Å². The fourth-order valence-corrected chi connectivity index (χ4v) is 3.82. The lowest BCUT2D eigenvalue weighted by Crippen LogP contribution is -2.47. The third kappa shape index (κ3) is 6.75. The second-order valence-corrected chi connectivity index (χ2v) is 7.62. The number of aliphatic imine (C=N–C) groups is 1. The molecular weight excluding hydrogens is 364 g/mol. The molecule has 1 aromatic rings. The van der Waals surface area contributed by atoms with Crippen LogP contribution >= 0.6 is 0 Å². The van der Waals surface area contributed by atoms with Gasteiger partial charge in [0.25, 0.3) is 0 Å². The number of benzene rings is 1. The first kappa shape index (κ1) is 21.7. The monoisotopic (exact) mass is 400 g/mol. The predicted octanol–water partition coefficient (Wildman–Crippen LogP) is 3.05. The Labute approximate surface area is 175 Å². The van der Waals surface area contributed by atoms with Crippen LogP contribution < -0.4 is 10.2 Å². The maximum atomic E-state index is 5.99. The lowest BCUT2D eigenvalue weighted by atomic mass is 10.1. The van der Waals surface area contributed by atoms with Gasteiger partial charge < -0.3 is 24.6 Å². The molecule has 0 aromatic heterocycles. The molecule has 2 aliphatic rings. The van der Waals surface area contributed by atoms with Crippen LogP contribution in [0.5, 0.6) is 0 Å². The number of likely N-dealkylation sites (tertiary alicyclic amines) is 1. The van der Waals surface area contributed by atoms with Crippen molar-refractivity contribution >= 4 is 11.6 Å². The highest BCUT2D eigenvalue weighted by molar-refractivity contribution is 5.80. The molecule has 1 saturated heterocycles. The van der Waals surface area contributed by atoms with Crippen LogP contribution in [0.15, 0.2) is 41.4 Å². The van der Waals surface area contributed by atoms with Gasteiger partial charge in [-0.25, -0.2) is 4.99 Å². The number of hydrogen-bond acceptors (Lipinski definition) is 4. The molecule has 6 heteroatoms. The van der Waals surface area contributed by atoms with Gasteiger partial charge in [0.15, 0.2) is 5.96 Å². The Bertz CT molecular complexity index is 661. The Hall–Kier alpha value is -2.05. The van der Waals surface area contributed by atoms with Crippen LogP contribution in [0.2, 0.25) is 0 Å². The average molecular weight is 401 g/mol. The molecule has 1 fully saturated rings. The molecule has 0 bridgehead atoms. The molecule has 0 amide bonds. The minimum absolute atomic E-state index is 0.358. The fourth-order valence-electron chi connectivity index (χ4n) is 3.82. The third-order valence-corrected chi connectivity index (χ3v) is 5.43. The molecular formula is C23H36N4O2. The summed E-state index contributed by atoms with van der Waals surface area (Å²) in [6.07, 6.45) is 7.87. The maximum Gasteiger partial charge on any atom is 0.194 e. The minimum atomic E-state index is 0.358. The lowest BCUT2D eigenvalue weighted by Gasteiger charge is -2.34. The minimum Gasteiger partial charge on any atom is -0.385 e. The maximum absolute atomic E-state index is 5.99. The molecule has 3 rings (SSSR count). The van der Waals surface area contributed by atoms with Crippen LogP contribution in [-0.2, 0) is 16.0 Å². The van der Waals surface area contributed by atoms with Crippen molar-refractivity contribution in [3.63, 3.8) is 0 Å². The molecule has 2 heterocycles. The molecule has 1 aromatic carbocycles. The van der Waals surface area contributed by atoms with E-state index >= 15 is 0 Å². The molecule has 160 valence electrons. The van der Waals surface area contributed by atoms with Gasteiger partial charge in [0.1, 0.15) is 0 Å². The number of methoxy groups -OCH3 is 1. The summed E-state index contributed by atoms with van der Waals surface area (Å²) in [5.74, 6) is 1.01. The molecule has 0 atom stereocenters. The van der Waals surface area contributed by atoms with E-state index in [-0.39, 0.29) is 0 Å². The van der Waals surface area contributed by atoms with Gasteiger partial charge in [-0.05, 0) is 43.9 Å². The number of hydrogen-bond donors (Lipinski definition) is 1. The Morgan fingerprint density at radius 3 is 2.69 bits per heavy atom. The molecule has 29 heavy (non-hydrogen) atoms. The van der Waals surface area contributed by atoms with E-state index in [1.807, 2.05) is 0 Å². The Morgan fingerprint density at radius 1 is 1.17 bits per heavy atom. The SMILES string of the molecule is CCNC(=NCc1cccc(N2CC=CC2)c1)N1CCC(OCCCOC)CC1. The van der Waals surface area contributed by atoms with Crippen molar-refractivity contribution in [3.8, 4) is 0 Å². The Balaban J connectivity index is 1.52. The number of anilines is 1. The number of piperidine rings is 1. The van der Waals surface area contributed by atoms with Crippen LogP contribution in [0.25, 0.3) is 0 Å². The second kappa shape index (κ2) is 11.8. The molecule has 0 aliphatic carbocycles. The smallest absolute Gasteiger partial charge is 0.194 e. The van der Waals surface area contributed by atoms with Crippen LogP contribution in [0.4, 0.5) is 5.69 Å². The van der Waals surface area contributed by atoms with Crippen molar-refractivity contribution in [2.75, 3.05) is 57.9 Å². The lowest BCUT2D eigenvalue weighted by molar-refractivity contribution is 0.00990. The first-order valence-corrected chi connectivity index (χ1v) is 10.9. The van der Waals surface area contributed by atoms with Crippen LogP contribution in [0.1, 0.15) is 31.7 Å². The average Bonchev–Trinajstić information content (AvgIpc) is 3.30. The predicted molar refractivity (Wildman–Crippen MR) is 120 cm³/mol. The van der Waals surface area contributed by atoms with Gasteiger partial charge in [-0.3, -0.25) is 0 Å². The summed E-state index contributed by atoms with van der Waals surface area (Å²) >= 11 is 0. The van der Waals surface area contributed by atoms with E-state index in [2.05, 4.69) is 58.5 Å². The number of ether oxygens (including phenoxy) is 2. The van der Waals surface area contributed by atoms with E-state index in [9.17, 15) is 0 Å². The van der Waals surface area contributed by atoms with E-state index in [4.69, 9.17) is 14.5 Å². The summed E-state index contributed by atoms with van der Waals surface area (Å²) in [6, 6.07) is 8.75. The van der Waals surface area contributed by atoms with Gasteiger partial charge in [0.05, 0.1) is 12.6 Å². The molecule has 0 unspecified atom stereocenters. The third-order valence-electron chi connectivity index (χ3n) is 5.43. The summed E-state index contributed by atoms with van der Waals surface area (Å²) in [5.41, 5.74) is 2.53. The van der Waals surface area contributed by atoms with E-state index in [0.29, 0.717) is 12.6 Å². The number of nitrogens with zero attached hydrogens (tertiary/aromatic N) is 3. The van der Waals surface area contributed by atoms with Crippen molar-refractivity contribution in [2.45, 2.75) is 38.8 Å². The van der Waals surface area contributed by atoms with E-state index in [1.54, 1.807) is 7.11 Å². The molecule has 0 radical (unpaired) electrons. The van der Waals surface area contributed by atoms with Crippen molar-refractivity contribution in [2.24, 2.45) is 4.99 Å². The fraction of sp³-hybridized carbons (Fsp3) is 0.609. The molecule has 2 aliphatic heterocycles. The zero-order chi connectivity index (χ0) is 20.3. The summed E-state index contributed by atoms with van der Waals surface area (Å²) < 4.78 is 11.1. The van der Waals surface area contributed by atoms with Gasteiger partial charge in [0.2, 0.25) is 0 Å². The highest BCUT2D eigenvalue weighted by Crippen LogP contribution is 2.19. The summed E-state index contributed by atoms with van der Waals surface area (Å²) in [7, 11) is 1.74. The molecule has 0 spiro atoms. The van der Waals surface area contributed by atoms with Gasteiger partial charge in [0, 0.05) is 58.7 Å². The van der Waals surface area contributed by atoms with E-state index in [1.165, 1.54) is 11.3 Å². The van der Waals surface area contributed by atoms with E-state index in [0.717, 1.165) is 71.2 Å². The highest BCUT2D eigenvalue weighted by Gasteiger charge is 2.21. The van der Waals surface area contributed by atoms with Gasteiger partial charge in [-0.2, -0.15) is 0 Å². The van der Waals surface area contributed by atoms with Crippen LogP contribution in [0, 0.1) is 0 Å². The van der Waals surface area contributed by atoms with Gasteiger partial charge >= 0.3 is 0 Å². The topological polar surface area (TPSA) is 49.3 Å². The standard InChI is InChI=1S/C23H36N4O2/c1-3-24-23(27-14-10-22(11-15-27)29-17-7-16-28-2)25-19-20-8-6-9-21(18-20)26-12-4-5-13-26/h4-6,8-9,18,22H,3,7,10-17,19H2,1-2H3,(H,24,25). The summed E-state index contributed by atoms with van der Waals surface area (Å²) in [4.78, 5) is 9.67. The zero-order valence-corrected chi connectivity index (χ0v) is 18.0. The molecule has 0 saturated carbocycles. The summed E-state index contributed by atoms with van der Waals surface area (Å²) in [6.45, 7) is 9.23.